The summed E-state index contributed by atoms with van der Waals surface area (Å²) in [4.78, 5) is 23.7. The molecule has 0 aliphatic heterocycles. The number of unbranched alkanes of at least 4 members (excludes halogenated alkanes) is 1. The molecule has 0 fully saturated rings. The van der Waals surface area contributed by atoms with Crippen molar-refractivity contribution >= 4 is 12.1 Å². The van der Waals surface area contributed by atoms with Gasteiger partial charge in [-0.15, -0.1) is 0 Å². The second kappa shape index (κ2) is 16.4. The summed E-state index contributed by atoms with van der Waals surface area (Å²) in [7, 11) is 0. The zero-order valence-electron chi connectivity index (χ0n) is 20.3. The number of rotatable bonds is 17. The van der Waals surface area contributed by atoms with Crippen molar-refractivity contribution in [1.82, 2.24) is 5.32 Å². The molecular formula is C23H45NO6. The first-order chi connectivity index (χ1) is 14.2. The van der Waals surface area contributed by atoms with Gasteiger partial charge < -0.3 is 24.3 Å². The highest BCUT2D eigenvalue weighted by Crippen LogP contribution is 2.21. The van der Waals surface area contributed by atoms with Crippen LogP contribution in [0.5, 0.6) is 0 Å². The number of hydrogen-bond acceptors (Lipinski definition) is 6. The molecule has 0 aliphatic rings. The smallest absolute Gasteiger partial charge is 0.407 e. The minimum Gasteiger partial charge on any atom is -0.463 e. The number of nitrogens with one attached hydrogen (secondary N) is 1. The van der Waals surface area contributed by atoms with Crippen LogP contribution in [0, 0.1) is 11.3 Å². The van der Waals surface area contributed by atoms with E-state index in [4.69, 9.17) is 18.9 Å². The van der Waals surface area contributed by atoms with Crippen molar-refractivity contribution in [3.05, 3.63) is 0 Å². The molecule has 1 amide bonds. The standard InChI is InChI=1S/C23H45NO6/c1-8-11-12-20(9-2)17-27-15-18(4)29-16-19(5)30-22(26)24-13-14-28-21(25)23(6,7)10-3/h18-20H,8-17H2,1-7H3,(H,24,26). The van der Waals surface area contributed by atoms with E-state index in [1.54, 1.807) is 6.92 Å². The Hall–Kier alpha value is -1.34. The summed E-state index contributed by atoms with van der Waals surface area (Å²) >= 11 is 0. The average molecular weight is 432 g/mol. The van der Waals surface area contributed by atoms with Crippen LogP contribution in [-0.4, -0.2) is 57.2 Å². The van der Waals surface area contributed by atoms with Gasteiger partial charge in [0.1, 0.15) is 12.7 Å². The van der Waals surface area contributed by atoms with Crippen LogP contribution in [0.3, 0.4) is 0 Å². The van der Waals surface area contributed by atoms with Gasteiger partial charge >= 0.3 is 12.1 Å². The molecule has 0 aromatic heterocycles. The molecular weight excluding hydrogens is 386 g/mol. The van der Waals surface area contributed by atoms with Crippen molar-refractivity contribution in [2.75, 3.05) is 33.0 Å². The Labute approximate surface area is 183 Å². The van der Waals surface area contributed by atoms with Gasteiger partial charge in [0.2, 0.25) is 0 Å². The first kappa shape index (κ1) is 28.7. The number of hydrogen-bond donors (Lipinski definition) is 1. The molecule has 0 aliphatic carbocycles. The zero-order chi connectivity index (χ0) is 23.0. The first-order valence-electron chi connectivity index (χ1n) is 11.5. The van der Waals surface area contributed by atoms with Crippen LogP contribution >= 0.6 is 0 Å². The Bertz CT molecular complexity index is 469. The zero-order valence-corrected chi connectivity index (χ0v) is 20.3. The number of carbonyl (C=O) groups is 2. The maximum absolute atomic E-state index is 11.9. The molecule has 0 saturated heterocycles. The number of esters is 1. The van der Waals surface area contributed by atoms with Crippen LogP contribution in [0.2, 0.25) is 0 Å². The third-order valence-corrected chi connectivity index (χ3v) is 5.21. The topological polar surface area (TPSA) is 83.1 Å². The Kier molecular flexibility index (Phi) is 15.6. The lowest BCUT2D eigenvalue weighted by Gasteiger charge is -2.21. The van der Waals surface area contributed by atoms with Gasteiger partial charge in [0.25, 0.3) is 0 Å². The van der Waals surface area contributed by atoms with E-state index in [0.29, 0.717) is 25.6 Å². The largest absolute Gasteiger partial charge is 0.463 e. The summed E-state index contributed by atoms with van der Waals surface area (Å²) in [5, 5.41) is 2.58. The Morgan fingerprint density at radius 2 is 1.70 bits per heavy atom. The van der Waals surface area contributed by atoms with Crippen LogP contribution in [0.15, 0.2) is 0 Å². The van der Waals surface area contributed by atoms with Crippen molar-refractivity contribution in [3.8, 4) is 0 Å². The molecule has 0 radical (unpaired) electrons. The molecule has 0 spiro atoms. The van der Waals surface area contributed by atoms with E-state index in [-0.39, 0.29) is 31.3 Å². The molecule has 178 valence electrons. The van der Waals surface area contributed by atoms with E-state index in [9.17, 15) is 9.59 Å². The summed E-state index contributed by atoms with van der Waals surface area (Å²) in [5.41, 5.74) is -0.514. The number of carbonyl (C=O) groups excluding carboxylic acids is 2. The first-order valence-corrected chi connectivity index (χ1v) is 11.5. The predicted octanol–water partition coefficient (Wildman–Crippen LogP) is 4.72. The van der Waals surface area contributed by atoms with Gasteiger partial charge in [-0.3, -0.25) is 4.79 Å². The van der Waals surface area contributed by atoms with E-state index in [1.807, 2.05) is 27.7 Å². The summed E-state index contributed by atoms with van der Waals surface area (Å²) in [6, 6.07) is 0. The second-order valence-electron chi connectivity index (χ2n) is 8.61. The second-order valence-corrected chi connectivity index (χ2v) is 8.61. The Balaban J connectivity index is 3.87. The Morgan fingerprint density at radius 3 is 2.30 bits per heavy atom. The van der Waals surface area contributed by atoms with E-state index >= 15 is 0 Å². The monoisotopic (exact) mass is 431 g/mol. The molecule has 7 heteroatoms. The van der Waals surface area contributed by atoms with Gasteiger partial charge in [0.05, 0.1) is 31.3 Å². The lowest BCUT2D eigenvalue weighted by molar-refractivity contribution is -0.153. The number of amides is 1. The summed E-state index contributed by atoms with van der Waals surface area (Å²) in [5.74, 6) is 0.337. The van der Waals surface area contributed by atoms with E-state index < -0.39 is 11.5 Å². The lowest BCUT2D eigenvalue weighted by Crippen LogP contribution is -2.34. The van der Waals surface area contributed by atoms with Crippen LogP contribution in [0.1, 0.15) is 80.6 Å². The molecule has 3 unspecified atom stereocenters. The van der Waals surface area contributed by atoms with Crippen molar-refractivity contribution < 1.29 is 28.5 Å². The minimum absolute atomic E-state index is 0.0656. The molecule has 0 bridgehead atoms. The molecule has 3 atom stereocenters. The molecule has 0 saturated carbocycles. The summed E-state index contributed by atoms with van der Waals surface area (Å²) in [6.07, 6.45) is 4.48. The van der Waals surface area contributed by atoms with Crippen molar-refractivity contribution in [3.63, 3.8) is 0 Å². The molecule has 7 nitrogen and oxygen atoms in total. The van der Waals surface area contributed by atoms with Gasteiger partial charge in [-0.05, 0) is 46.5 Å². The average Bonchev–Trinajstić information content (AvgIpc) is 2.71. The molecule has 0 aromatic rings. The highest BCUT2D eigenvalue weighted by molar-refractivity contribution is 5.75. The fraction of sp³-hybridized carbons (Fsp3) is 0.913. The third kappa shape index (κ3) is 13.8. The number of ether oxygens (including phenoxy) is 4. The summed E-state index contributed by atoms with van der Waals surface area (Å²) in [6.45, 7) is 15.6. The van der Waals surface area contributed by atoms with Gasteiger partial charge in [-0.25, -0.2) is 4.79 Å². The molecule has 30 heavy (non-hydrogen) atoms. The van der Waals surface area contributed by atoms with Crippen LogP contribution in [0.4, 0.5) is 4.79 Å². The predicted molar refractivity (Wildman–Crippen MR) is 119 cm³/mol. The van der Waals surface area contributed by atoms with Gasteiger partial charge in [0, 0.05) is 6.61 Å². The van der Waals surface area contributed by atoms with E-state index in [2.05, 4.69) is 19.2 Å². The van der Waals surface area contributed by atoms with Crippen LogP contribution in [0.25, 0.3) is 0 Å². The fourth-order valence-electron chi connectivity index (χ4n) is 2.54. The highest BCUT2D eigenvalue weighted by Gasteiger charge is 2.26. The quantitative estimate of drug-likeness (QED) is 0.265. The van der Waals surface area contributed by atoms with Gasteiger partial charge in [-0.1, -0.05) is 40.0 Å². The summed E-state index contributed by atoms with van der Waals surface area (Å²) < 4.78 is 21.9. The van der Waals surface area contributed by atoms with E-state index in [0.717, 1.165) is 13.0 Å². The van der Waals surface area contributed by atoms with Gasteiger partial charge in [0.15, 0.2) is 0 Å². The minimum atomic E-state index is -0.553. The normalized spacial score (nSPS) is 14.6. The maximum Gasteiger partial charge on any atom is 0.407 e. The molecule has 1 N–H and O–H groups in total. The molecule has 0 aromatic carbocycles. The van der Waals surface area contributed by atoms with Crippen LogP contribution < -0.4 is 5.32 Å². The fourth-order valence-corrected chi connectivity index (χ4v) is 2.54. The molecule has 0 rings (SSSR count). The SMILES string of the molecule is CCCCC(CC)COCC(C)OCC(C)OC(=O)NCCOC(=O)C(C)(C)CC. The van der Waals surface area contributed by atoms with E-state index in [1.165, 1.54) is 19.3 Å². The van der Waals surface area contributed by atoms with Crippen molar-refractivity contribution in [2.45, 2.75) is 92.8 Å². The van der Waals surface area contributed by atoms with Gasteiger partial charge in [-0.2, -0.15) is 0 Å². The van der Waals surface area contributed by atoms with Crippen molar-refractivity contribution in [2.24, 2.45) is 11.3 Å². The van der Waals surface area contributed by atoms with Crippen LogP contribution in [-0.2, 0) is 23.7 Å². The number of alkyl carbamates (subject to hydrolysis) is 1. The molecule has 0 heterocycles. The lowest BCUT2D eigenvalue weighted by atomic mass is 9.91. The maximum atomic E-state index is 11.9. The van der Waals surface area contributed by atoms with Crippen molar-refractivity contribution in [1.29, 1.82) is 0 Å². The highest BCUT2D eigenvalue weighted by atomic mass is 16.6. The Morgan fingerprint density at radius 1 is 1.00 bits per heavy atom. The third-order valence-electron chi connectivity index (χ3n) is 5.21.